The highest BCUT2D eigenvalue weighted by molar-refractivity contribution is 5.85. The summed E-state index contributed by atoms with van der Waals surface area (Å²) in [5.41, 5.74) is -0.789. The molecule has 1 amide bonds. The van der Waals surface area contributed by atoms with Gasteiger partial charge >= 0.3 is 6.18 Å². The summed E-state index contributed by atoms with van der Waals surface area (Å²) >= 11 is 0. The predicted molar refractivity (Wildman–Crippen MR) is 78.2 cm³/mol. The van der Waals surface area contributed by atoms with Crippen molar-refractivity contribution in [3.63, 3.8) is 0 Å². The SMILES string of the molecule is C[C@@H]1CNCCN1C(=O)COc1cccc(C(F)(F)F)c1.Cl. The summed E-state index contributed by atoms with van der Waals surface area (Å²) in [6, 6.07) is 4.58. The van der Waals surface area contributed by atoms with Crippen molar-refractivity contribution in [2.45, 2.75) is 19.1 Å². The van der Waals surface area contributed by atoms with Crippen LogP contribution in [0.1, 0.15) is 12.5 Å². The van der Waals surface area contributed by atoms with Crippen LogP contribution in [0.3, 0.4) is 0 Å². The van der Waals surface area contributed by atoms with Crippen LogP contribution in [0, 0.1) is 0 Å². The van der Waals surface area contributed by atoms with Gasteiger partial charge in [-0.15, -0.1) is 12.4 Å². The van der Waals surface area contributed by atoms with Gasteiger partial charge in [0.2, 0.25) is 0 Å². The normalized spacial score (nSPS) is 18.5. The lowest BCUT2D eigenvalue weighted by atomic mass is 10.2. The second-order valence-electron chi connectivity index (χ2n) is 4.95. The van der Waals surface area contributed by atoms with E-state index in [-0.39, 0.29) is 36.7 Å². The van der Waals surface area contributed by atoms with Crippen LogP contribution in [-0.2, 0) is 11.0 Å². The van der Waals surface area contributed by atoms with Gasteiger partial charge in [0.15, 0.2) is 6.61 Å². The van der Waals surface area contributed by atoms with Crippen molar-refractivity contribution >= 4 is 18.3 Å². The summed E-state index contributed by atoms with van der Waals surface area (Å²) in [7, 11) is 0. The number of piperazine rings is 1. The maximum absolute atomic E-state index is 12.6. The van der Waals surface area contributed by atoms with E-state index in [0.29, 0.717) is 19.6 Å². The van der Waals surface area contributed by atoms with Gasteiger partial charge < -0.3 is 15.0 Å². The minimum Gasteiger partial charge on any atom is -0.484 e. The van der Waals surface area contributed by atoms with Crippen LogP contribution >= 0.6 is 12.4 Å². The highest BCUT2D eigenvalue weighted by Crippen LogP contribution is 2.31. The minimum absolute atomic E-state index is 0. The molecule has 1 aromatic rings. The highest BCUT2D eigenvalue weighted by Gasteiger charge is 2.30. The molecule has 1 aromatic carbocycles. The Morgan fingerprint density at radius 3 is 2.82 bits per heavy atom. The van der Waals surface area contributed by atoms with Gasteiger partial charge in [0.05, 0.1) is 5.56 Å². The molecule has 0 radical (unpaired) electrons. The maximum atomic E-state index is 12.6. The third-order valence-electron chi connectivity index (χ3n) is 3.35. The van der Waals surface area contributed by atoms with Crippen LogP contribution in [0.15, 0.2) is 24.3 Å². The molecule has 1 atom stereocenters. The van der Waals surface area contributed by atoms with Crippen molar-refractivity contribution in [3.8, 4) is 5.75 Å². The zero-order chi connectivity index (χ0) is 15.5. The van der Waals surface area contributed by atoms with E-state index >= 15 is 0 Å². The van der Waals surface area contributed by atoms with Gasteiger partial charge in [0.1, 0.15) is 5.75 Å². The van der Waals surface area contributed by atoms with Gasteiger partial charge in [0, 0.05) is 25.7 Å². The van der Waals surface area contributed by atoms with Crippen LogP contribution in [0.5, 0.6) is 5.75 Å². The lowest BCUT2D eigenvalue weighted by molar-refractivity contribution is -0.137. The number of hydrogen-bond donors (Lipinski definition) is 1. The summed E-state index contributed by atoms with van der Waals surface area (Å²) in [6.45, 7) is 3.64. The minimum atomic E-state index is -4.42. The number of benzene rings is 1. The molecular formula is C14H18ClF3N2O2. The fourth-order valence-corrected chi connectivity index (χ4v) is 2.20. The number of nitrogens with one attached hydrogen (secondary N) is 1. The van der Waals surface area contributed by atoms with Gasteiger partial charge in [0.25, 0.3) is 5.91 Å². The Bertz CT molecular complexity index is 511. The van der Waals surface area contributed by atoms with E-state index in [4.69, 9.17) is 4.74 Å². The van der Waals surface area contributed by atoms with E-state index in [1.54, 1.807) is 4.90 Å². The van der Waals surface area contributed by atoms with E-state index in [2.05, 4.69) is 5.32 Å². The van der Waals surface area contributed by atoms with E-state index in [9.17, 15) is 18.0 Å². The molecule has 4 nitrogen and oxygen atoms in total. The zero-order valence-electron chi connectivity index (χ0n) is 12.0. The summed E-state index contributed by atoms with van der Waals surface area (Å²) in [5, 5.41) is 3.16. The average Bonchev–Trinajstić information content (AvgIpc) is 2.45. The highest BCUT2D eigenvalue weighted by atomic mass is 35.5. The first-order chi connectivity index (χ1) is 9.88. The molecule has 0 aromatic heterocycles. The van der Waals surface area contributed by atoms with Crippen LogP contribution in [-0.4, -0.2) is 43.1 Å². The lowest BCUT2D eigenvalue weighted by Crippen LogP contribution is -2.53. The van der Waals surface area contributed by atoms with Gasteiger partial charge in [-0.05, 0) is 25.1 Å². The molecule has 2 rings (SSSR count). The number of rotatable bonds is 3. The molecule has 0 saturated carbocycles. The second-order valence-corrected chi connectivity index (χ2v) is 4.95. The molecule has 1 heterocycles. The summed E-state index contributed by atoms with van der Waals surface area (Å²) < 4.78 is 42.9. The van der Waals surface area contributed by atoms with Crippen molar-refractivity contribution in [2.24, 2.45) is 0 Å². The fourth-order valence-electron chi connectivity index (χ4n) is 2.20. The van der Waals surface area contributed by atoms with Crippen LogP contribution < -0.4 is 10.1 Å². The number of amides is 1. The quantitative estimate of drug-likeness (QED) is 0.919. The van der Waals surface area contributed by atoms with Crippen molar-refractivity contribution in [3.05, 3.63) is 29.8 Å². The number of ether oxygens (including phenoxy) is 1. The third kappa shape index (κ3) is 4.78. The van der Waals surface area contributed by atoms with Crippen LogP contribution in [0.25, 0.3) is 0 Å². The zero-order valence-corrected chi connectivity index (χ0v) is 12.8. The molecule has 0 aliphatic carbocycles. The van der Waals surface area contributed by atoms with Crippen molar-refractivity contribution < 1.29 is 22.7 Å². The first-order valence-electron chi connectivity index (χ1n) is 6.68. The first kappa shape index (κ1) is 18.6. The summed E-state index contributed by atoms with van der Waals surface area (Å²) in [6.07, 6.45) is -4.42. The molecule has 1 aliphatic heterocycles. The van der Waals surface area contributed by atoms with Gasteiger partial charge in [-0.2, -0.15) is 13.2 Å². The van der Waals surface area contributed by atoms with E-state index in [1.165, 1.54) is 12.1 Å². The number of hydrogen-bond acceptors (Lipinski definition) is 3. The van der Waals surface area contributed by atoms with Crippen LogP contribution in [0.2, 0.25) is 0 Å². The monoisotopic (exact) mass is 338 g/mol. The molecule has 1 aliphatic rings. The van der Waals surface area contributed by atoms with E-state index in [0.717, 1.165) is 12.1 Å². The van der Waals surface area contributed by atoms with Gasteiger partial charge in [-0.1, -0.05) is 6.07 Å². The molecule has 1 saturated heterocycles. The molecular weight excluding hydrogens is 321 g/mol. The Morgan fingerprint density at radius 1 is 1.45 bits per heavy atom. The predicted octanol–water partition coefficient (Wildman–Crippen LogP) is 2.33. The standard InChI is InChI=1S/C14H17F3N2O2.ClH/c1-10-8-18-5-6-19(10)13(20)9-21-12-4-2-3-11(7-12)14(15,16)17;/h2-4,7,10,18H,5-6,8-9H2,1H3;1H/t10-;/m1./s1. The van der Waals surface area contributed by atoms with Gasteiger partial charge in [-0.3, -0.25) is 4.79 Å². The van der Waals surface area contributed by atoms with Crippen molar-refractivity contribution in [1.29, 1.82) is 0 Å². The number of carbonyl (C=O) groups is 1. The Kier molecular flexibility index (Phi) is 6.49. The maximum Gasteiger partial charge on any atom is 0.416 e. The second kappa shape index (κ2) is 7.69. The summed E-state index contributed by atoms with van der Waals surface area (Å²) in [4.78, 5) is 13.7. The average molecular weight is 339 g/mol. The Labute approximate surface area is 133 Å². The number of carbonyl (C=O) groups excluding carboxylic acids is 1. The number of nitrogens with zero attached hydrogens (tertiary/aromatic N) is 1. The largest absolute Gasteiger partial charge is 0.484 e. The fraction of sp³-hybridized carbons (Fsp3) is 0.500. The molecule has 1 fully saturated rings. The lowest BCUT2D eigenvalue weighted by Gasteiger charge is -2.33. The smallest absolute Gasteiger partial charge is 0.416 e. The van der Waals surface area contributed by atoms with E-state index in [1.807, 2.05) is 6.92 Å². The molecule has 0 bridgehead atoms. The molecule has 124 valence electrons. The topological polar surface area (TPSA) is 41.6 Å². The Morgan fingerprint density at radius 2 is 2.18 bits per heavy atom. The number of alkyl halides is 3. The molecule has 1 N–H and O–H groups in total. The first-order valence-corrected chi connectivity index (χ1v) is 6.68. The molecule has 8 heteroatoms. The molecule has 0 spiro atoms. The Balaban J connectivity index is 0.00000242. The molecule has 22 heavy (non-hydrogen) atoms. The van der Waals surface area contributed by atoms with Crippen molar-refractivity contribution in [1.82, 2.24) is 10.2 Å². The van der Waals surface area contributed by atoms with E-state index < -0.39 is 11.7 Å². The summed E-state index contributed by atoms with van der Waals surface area (Å²) in [5.74, 6) is -0.178. The van der Waals surface area contributed by atoms with Crippen molar-refractivity contribution in [2.75, 3.05) is 26.2 Å². The third-order valence-corrected chi connectivity index (χ3v) is 3.35. The number of halogens is 4. The van der Waals surface area contributed by atoms with Crippen LogP contribution in [0.4, 0.5) is 13.2 Å². The van der Waals surface area contributed by atoms with Gasteiger partial charge in [-0.25, -0.2) is 0 Å². The Hall–Kier alpha value is -1.47. The molecule has 0 unspecified atom stereocenters.